The van der Waals surface area contributed by atoms with Crippen molar-refractivity contribution in [3.63, 3.8) is 0 Å². The van der Waals surface area contributed by atoms with E-state index in [0.29, 0.717) is 11.8 Å². The SMILES string of the molecule is CCCCC(CC)CC(CCC(C)C)OC(=O)C(=O)O. The van der Waals surface area contributed by atoms with Crippen LogP contribution in [0.4, 0.5) is 0 Å². The molecule has 0 saturated heterocycles. The van der Waals surface area contributed by atoms with E-state index in [1.165, 1.54) is 6.42 Å². The zero-order valence-corrected chi connectivity index (χ0v) is 13.4. The zero-order chi connectivity index (χ0) is 15.5. The van der Waals surface area contributed by atoms with Crippen LogP contribution < -0.4 is 0 Å². The molecule has 0 heterocycles. The summed E-state index contributed by atoms with van der Waals surface area (Å²) in [5.41, 5.74) is 0. The summed E-state index contributed by atoms with van der Waals surface area (Å²) in [5, 5.41) is 8.67. The van der Waals surface area contributed by atoms with Crippen LogP contribution in [-0.2, 0) is 14.3 Å². The van der Waals surface area contributed by atoms with E-state index in [2.05, 4.69) is 27.7 Å². The number of carboxylic acids is 1. The summed E-state index contributed by atoms with van der Waals surface area (Å²) in [7, 11) is 0. The maximum atomic E-state index is 11.3. The second-order valence-corrected chi connectivity index (χ2v) is 5.96. The minimum atomic E-state index is -1.50. The highest BCUT2D eigenvalue weighted by Crippen LogP contribution is 2.23. The molecule has 0 aliphatic heterocycles. The number of carbonyl (C=O) groups excluding carboxylic acids is 1. The molecule has 0 radical (unpaired) electrons. The topological polar surface area (TPSA) is 63.6 Å². The fraction of sp³-hybridized carbons (Fsp3) is 0.875. The van der Waals surface area contributed by atoms with Crippen molar-refractivity contribution in [3.05, 3.63) is 0 Å². The van der Waals surface area contributed by atoms with Crippen molar-refractivity contribution in [2.24, 2.45) is 11.8 Å². The van der Waals surface area contributed by atoms with Gasteiger partial charge in [0.2, 0.25) is 0 Å². The smallest absolute Gasteiger partial charge is 0.417 e. The van der Waals surface area contributed by atoms with E-state index >= 15 is 0 Å². The Balaban J connectivity index is 4.47. The van der Waals surface area contributed by atoms with E-state index in [-0.39, 0.29) is 6.10 Å². The molecule has 2 unspecified atom stereocenters. The van der Waals surface area contributed by atoms with Gasteiger partial charge in [-0.2, -0.15) is 0 Å². The predicted octanol–water partition coefficient (Wildman–Crippen LogP) is 4.03. The number of hydrogen-bond acceptors (Lipinski definition) is 3. The van der Waals surface area contributed by atoms with Gasteiger partial charge in [0, 0.05) is 0 Å². The molecule has 0 aliphatic rings. The van der Waals surface area contributed by atoms with Crippen LogP contribution in [0.3, 0.4) is 0 Å². The molecule has 0 saturated carbocycles. The molecule has 4 heteroatoms. The summed E-state index contributed by atoms with van der Waals surface area (Å²) in [6, 6.07) is 0. The molecule has 20 heavy (non-hydrogen) atoms. The highest BCUT2D eigenvalue weighted by molar-refractivity contribution is 6.28. The molecule has 2 atom stereocenters. The van der Waals surface area contributed by atoms with Gasteiger partial charge in [0.05, 0.1) is 0 Å². The molecule has 4 nitrogen and oxygen atoms in total. The van der Waals surface area contributed by atoms with E-state index in [1.807, 2.05) is 0 Å². The molecule has 1 N–H and O–H groups in total. The summed E-state index contributed by atoms with van der Waals surface area (Å²) in [5.74, 6) is -1.59. The molecule has 118 valence electrons. The molecule has 0 aromatic heterocycles. The van der Waals surface area contributed by atoms with Crippen LogP contribution >= 0.6 is 0 Å². The monoisotopic (exact) mass is 286 g/mol. The van der Waals surface area contributed by atoms with Gasteiger partial charge in [0.25, 0.3) is 0 Å². The van der Waals surface area contributed by atoms with Crippen molar-refractivity contribution in [1.82, 2.24) is 0 Å². The van der Waals surface area contributed by atoms with Crippen molar-refractivity contribution in [2.75, 3.05) is 0 Å². The van der Waals surface area contributed by atoms with Crippen LogP contribution in [0.5, 0.6) is 0 Å². The highest BCUT2D eigenvalue weighted by Gasteiger charge is 2.22. The first kappa shape index (κ1) is 18.9. The summed E-state index contributed by atoms with van der Waals surface area (Å²) >= 11 is 0. The first-order valence-electron chi connectivity index (χ1n) is 7.84. The number of carbonyl (C=O) groups is 2. The van der Waals surface area contributed by atoms with Gasteiger partial charge in [0.15, 0.2) is 0 Å². The van der Waals surface area contributed by atoms with Crippen molar-refractivity contribution >= 4 is 11.9 Å². The third-order valence-corrected chi connectivity index (χ3v) is 3.65. The molecule has 0 aromatic carbocycles. The minimum Gasteiger partial charge on any atom is -0.473 e. The van der Waals surface area contributed by atoms with E-state index in [4.69, 9.17) is 9.84 Å². The summed E-state index contributed by atoms with van der Waals surface area (Å²) in [6.45, 7) is 8.53. The van der Waals surface area contributed by atoms with Gasteiger partial charge in [-0.3, -0.25) is 0 Å². The Labute approximate surface area is 122 Å². The van der Waals surface area contributed by atoms with Gasteiger partial charge >= 0.3 is 11.9 Å². The van der Waals surface area contributed by atoms with E-state index in [0.717, 1.165) is 38.5 Å². The van der Waals surface area contributed by atoms with Crippen molar-refractivity contribution in [2.45, 2.75) is 78.7 Å². The molecule has 0 spiro atoms. The molecule has 0 fully saturated rings. The van der Waals surface area contributed by atoms with Crippen LogP contribution in [0.25, 0.3) is 0 Å². The molecule has 0 bridgehead atoms. The first-order valence-corrected chi connectivity index (χ1v) is 7.84. The molecule has 0 amide bonds. The maximum Gasteiger partial charge on any atom is 0.417 e. The Bertz CT molecular complexity index is 286. The van der Waals surface area contributed by atoms with Gasteiger partial charge in [0.1, 0.15) is 6.10 Å². The molecular weight excluding hydrogens is 256 g/mol. The average Bonchev–Trinajstić information content (AvgIpc) is 2.39. The lowest BCUT2D eigenvalue weighted by Gasteiger charge is -2.23. The van der Waals surface area contributed by atoms with E-state index in [1.54, 1.807) is 0 Å². The molecule has 0 rings (SSSR count). The lowest BCUT2D eigenvalue weighted by molar-refractivity contribution is -0.168. The predicted molar refractivity (Wildman–Crippen MR) is 79.5 cm³/mol. The summed E-state index contributed by atoms with van der Waals surface area (Å²) in [4.78, 5) is 21.9. The van der Waals surface area contributed by atoms with Crippen molar-refractivity contribution in [1.29, 1.82) is 0 Å². The Kier molecular flexibility index (Phi) is 10.1. The zero-order valence-electron chi connectivity index (χ0n) is 13.4. The molecule has 0 aliphatic carbocycles. The molecular formula is C16H30O4. The van der Waals surface area contributed by atoms with Crippen molar-refractivity contribution in [3.8, 4) is 0 Å². The fourth-order valence-electron chi connectivity index (χ4n) is 2.30. The summed E-state index contributed by atoms with van der Waals surface area (Å²) in [6.07, 6.45) is 6.70. The van der Waals surface area contributed by atoms with Crippen LogP contribution in [0, 0.1) is 11.8 Å². The van der Waals surface area contributed by atoms with E-state index in [9.17, 15) is 9.59 Å². The van der Waals surface area contributed by atoms with Gasteiger partial charge in [-0.25, -0.2) is 9.59 Å². The number of hydrogen-bond donors (Lipinski definition) is 1. The van der Waals surface area contributed by atoms with Gasteiger partial charge in [-0.15, -0.1) is 0 Å². The number of ether oxygens (including phenoxy) is 1. The van der Waals surface area contributed by atoms with Crippen LogP contribution in [0.15, 0.2) is 0 Å². The summed E-state index contributed by atoms with van der Waals surface area (Å²) < 4.78 is 5.14. The van der Waals surface area contributed by atoms with Crippen LogP contribution in [0.2, 0.25) is 0 Å². The normalized spacial score (nSPS) is 14.1. The Morgan fingerprint density at radius 1 is 1.10 bits per heavy atom. The lowest BCUT2D eigenvalue weighted by Crippen LogP contribution is -2.26. The first-order chi connectivity index (χ1) is 9.40. The Morgan fingerprint density at radius 3 is 2.20 bits per heavy atom. The molecule has 0 aromatic rings. The maximum absolute atomic E-state index is 11.3. The lowest BCUT2D eigenvalue weighted by atomic mass is 9.90. The largest absolute Gasteiger partial charge is 0.473 e. The third-order valence-electron chi connectivity index (χ3n) is 3.65. The number of aliphatic carboxylic acids is 1. The second-order valence-electron chi connectivity index (χ2n) is 5.96. The minimum absolute atomic E-state index is 0.261. The number of rotatable bonds is 10. The van der Waals surface area contributed by atoms with Crippen LogP contribution in [-0.4, -0.2) is 23.1 Å². The fourth-order valence-corrected chi connectivity index (χ4v) is 2.30. The third kappa shape index (κ3) is 8.94. The number of carboxylic acid groups (broad SMARTS) is 1. The average molecular weight is 286 g/mol. The highest BCUT2D eigenvalue weighted by atomic mass is 16.6. The number of esters is 1. The standard InChI is InChI=1S/C16H30O4/c1-5-7-8-13(6-2)11-14(10-9-12(3)4)20-16(19)15(17)18/h12-14H,5-11H2,1-4H3,(H,17,18). The van der Waals surface area contributed by atoms with Gasteiger partial charge in [-0.05, 0) is 31.1 Å². The number of unbranched alkanes of at least 4 members (excludes halogenated alkanes) is 1. The van der Waals surface area contributed by atoms with Crippen LogP contribution in [0.1, 0.15) is 72.6 Å². The Morgan fingerprint density at radius 2 is 1.75 bits per heavy atom. The second kappa shape index (κ2) is 10.7. The van der Waals surface area contributed by atoms with E-state index < -0.39 is 11.9 Å². The Hall–Kier alpha value is -1.06. The van der Waals surface area contributed by atoms with Crippen molar-refractivity contribution < 1.29 is 19.4 Å². The van der Waals surface area contributed by atoms with Gasteiger partial charge < -0.3 is 9.84 Å². The quantitative estimate of drug-likeness (QED) is 0.486. The van der Waals surface area contributed by atoms with Gasteiger partial charge in [-0.1, -0.05) is 53.4 Å².